The second kappa shape index (κ2) is 5.95. The molecule has 0 atom stereocenters. The highest BCUT2D eigenvalue weighted by molar-refractivity contribution is 5.98. The van der Waals surface area contributed by atoms with E-state index in [1.165, 1.54) is 5.56 Å². The first-order valence-electron chi connectivity index (χ1n) is 6.98. The van der Waals surface area contributed by atoms with E-state index in [0.717, 1.165) is 16.9 Å². The lowest BCUT2D eigenvalue weighted by Gasteiger charge is -2.14. The molecule has 0 saturated carbocycles. The van der Waals surface area contributed by atoms with Crippen molar-refractivity contribution in [3.8, 4) is 11.6 Å². The molecule has 2 aromatic rings. The first-order valence-corrected chi connectivity index (χ1v) is 6.98. The monoisotopic (exact) mass is 283 g/mol. The molecule has 4 heteroatoms. The molecule has 1 aromatic carbocycles. The summed E-state index contributed by atoms with van der Waals surface area (Å²) in [6.45, 7) is 8.16. The van der Waals surface area contributed by atoms with Gasteiger partial charge in [0.15, 0.2) is 0 Å². The van der Waals surface area contributed by atoms with Crippen LogP contribution in [0, 0.1) is 19.3 Å². The van der Waals surface area contributed by atoms with Crippen LogP contribution in [-0.4, -0.2) is 10.8 Å². The minimum atomic E-state index is -0.0340. The molecule has 21 heavy (non-hydrogen) atoms. The normalized spacial score (nSPS) is 10.7. The summed E-state index contributed by atoms with van der Waals surface area (Å²) in [4.78, 5) is 4.23. The summed E-state index contributed by atoms with van der Waals surface area (Å²) in [7, 11) is 0. The Kier molecular flexibility index (Phi) is 4.26. The van der Waals surface area contributed by atoms with Gasteiger partial charge in [-0.2, -0.15) is 0 Å². The number of pyridine rings is 1. The number of hydrogen-bond acceptors (Lipinski definition) is 3. The second-order valence-electron chi connectivity index (χ2n) is 5.50. The number of nitrogens with one attached hydrogen (secondary N) is 1. The fourth-order valence-electron chi connectivity index (χ4n) is 2.13. The van der Waals surface area contributed by atoms with E-state index < -0.39 is 0 Å². The maximum atomic E-state index is 7.70. The maximum Gasteiger partial charge on any atom is 0.230 e. The summed E-state index contributed by atoms with van der Waals surface area (Å²) in [6.07, 6.45) is 1.67. The molecular weight excluding hydrogens is 262 g/mol. The third kappa shape index (κ3) is 3.21. The Morgan fingerprint density at radius 2 is 1.90 bits per heavy atom. The molecule has 1 heterocycles. The van der Waals surface area contributed by atoms with Crippen molar-refractivity contribution >= 4 is 5.84 Å². The van der Waals surface area contributed by atoms with Crippen molar-refractivity contribution in [3.05, 3.63) is 52.7 Å². The minimum absolute atomic E-state index is 0.0340. The van der Waals surface area contributed by atoms with Crippen LogP contribution < -0.4 is 10.5 Å². The summed E-state index contributed by atoms with van der Waals surface area (Å²) in [6, 6.07) is 7.98. The Balaban J connectivity index is 2.46. The largest absolute Gasteiger partial charge is 0.438 e. The molecule has 110 valence electrons. The number of amidine groups is 1. The van der Waals surface area contributed by atoms with Gasteiger partial charge in [-0.1, -0.05) is 26.0 Å². The highest BCUT2D eigenvalue weighted by Crippen LogP contribution is 2.30. The zero-order valence-corrected chi connectivity index (χ0v) is 12.9. The number of nitrogens with zero attached hydrogens (tertiary/aromatic N) is 1. The van der Waals surface area contributed by atoms with Gasteiger partial charge in [-0.3, -0.25) is 5.41 Å². The van der Waals surface area contributed by atoms with Crippen molar-refractivity contribution in [2.24, 2.45) is 5.73 Å². The molecule has 1 aromatic heterocycles. The highest BCUT2D eigenvalue weighted by Gasteiger charge is 2.14. The van der Waals surface area contributed by atoms with E-state index in [9.17, 15) is 0 Å². The van der Waals surface area contributed by atoms with Crippen molar-refractivity contribution in [1.82, 2.24) is 4.98 Å². The fraction of sp³-hybridized carbons (Fsp3) is 0.294. The lowest BCUT2D eigenvalue weighted by atomic mass is 10.0. The lowest BCUT2D eigenvalue weighted by molar-refractivity contribution is 0.457. The zero-order chi connectivity index (χ0) is 15.6. The van der Waals surface area contributed by atoms with Gasteiger partial charge in [-0.25, -0.2) is 4.98 Å². The number of nitrogens with two attached hydrogens (primary N) is 1. The molecule has 0 aliphatic heterocycles. The van der Waals surface area contributed by atoms with Gasteiger partial charge in [0.05, 0.1) is 5.56 Å². The van der Waals surface area contributed by atoms with Gasteiger partial charge >= 0.3 is 0 Å². The summed E-state index contributed by atoms with van der Waals surface area (Å²) in [5.74, 6) is 1.52. The van der Waals surface area contributed by atoms with Crippen LogP contribution in [0.4, 0.5) is 0 Å². The Morgan fingerprint density at radius 3 is 2.52 bits per heavy atom. The van der Waals surface area contributed by atoms with Crippen LogP contribution in [0.2, 0.25) is 0 Å². The minimum Gasteiger partial charge on any atom is -0.438 e. The Bertz CT molecular complexity index is 678. The topological polar surface area (TPSA) is 72.0 Å². The van der Waals surface area contributed by atoms with Crippen LogP contribution in [0.1, 0.15) is 42.0 Å². The number of nitrogen functional groups attached to an aromatic ring is 1. The summed E-state index contributed by atoms with van der Waals surface area (Å²) < 4.78 is 5.94. The molecule has 0 amide bonds. The molecular formula is C17H21N3O. The number of aryl methyl sites for hydroxylation is 2. The molecule has 0 spiro atoms. The van der Waals surface area contributed by atoms with E-state index in [-0.39, 0.29) is 5.84 Å². The standard InChI is InChI=1S/C17H21N3O/c1-10(2)13-6-5-11(3)14(9-13)21-17-15(16(18)19)12(4)7-8-20-17/h5-10H,1-4H3,(H3,18,19). The third-order valence-corrected chi connectivity index (χ3v) is 3.48. The van der Waals surface area contributed by atoms with Crippen LogP contribution in [-0.2, 0) is 0 Å². The van der Waals surface area contributed by atoms with E-state index in [2.05, 4.69) is 24.9 Å². The third-order valence-electron chi connectivity index (χ3n) is 3.48. The van der Waals surface area contributed by atoms with Crippen molar-refractivity contribution in [1.29, 1.82) is 5.41 Å². The molecule has 3 N–H and O–H groups in total. The summed E-state index contributed by atoms with van der Waals surface area (Å²) in [5, 5.41) is 7.70. The second-order valence-corrected chi connectivity index (χ2v) is 5.50. The number of benzene rings is 1. The molecule has 0 bridgehead atoms. The van der Waals surface area contributed by atoms with E-state index in [1.54, 1.807) is 6.20 Å². The number of hydrogen-bond donors (Lipinski definition) is 2. The van der Waals surface area contributed by atoms with Gasteiger partial charge in [0.2, 0.25) is 5.88 Å². The Hall–Kier alpha value is -2.36. The van der Waals surface area contributed by atoms with Crippen molar-refractivity contribution < 1.29 is 4.74 Å². The highest BCUT2D eigenvalue weighted by atomic mass is 16.5. The van der Waals surface area contributed by atoms with Crippen LogP contribution >= 0.6 is 0 Å². The Morgan fingerprint density at radius 1 is 1.19 bits per heavy atom. The van der Waals surface area contributed by atoms with E-state index in [0.29, 0.717) is 17.4 Å². The van der Waals surface area contributed by atoms with E-state index >= 15 is 0 Å². The predicted octanol–water partition coefficient (Wildman–Crippen LogP) is 3.90. The van der Waals surface area contributed by atoms with Gasteiger partial charge in [0.1, 0.15) is 11.6 Å². The Labute approximate surface area is 125 Å². The van der Waals surface area contributed by atoms with Crippen LogP contribution in [0.3, 0.4) is 0 Å². The number of aromatic nitrogens is 1. The fourth-order valence-corrected chi connectivity index (χ4v) is 2.13. The van der Waals surface area contributed by atoms with E-state index in [4.69, 9.17) is 15.9 Å². The summed E-state index contributed by atoms with van der Waals surface area (Å²) >= 11 is 0. The van der Waals surface area contributed by atoms with Crippen molar-refractivity contribution in [2.75, 3.05) is 0 Å². The zero-order valence-electron chi connectivity index (χ0n) is 12.9. The SMILES string of the molecule is Cc1ccc(C(C)C)cc1Oc1nccc(C)c1C(=N)N. The lowest BCUT2D eigenvalue weighted by Crippen LogP contribution is -2.15. The smallest absolute Gasteiger partial charge is 0.230 e. The molecule has 0 aliphatic carbocycles. The quantitative estimate of drug-likeness (QED) is 0.660. The van der Waals surface area contributed by atoms with Gasteiger partial charge in [-0.05, 0) is 48.6 Å². The number of ether oxygens (including phenoxy) is 1. The van der Waals surface area contributed by atoms with Gasteiger partial charge in [0.25, 0.3) is 0 Å². The van der Waals surface area contributed by atoms with E-state index in [1.807, 2.05) is 32.0 Å². The van der Waals surface area contributed by atoms with Gasteiger partial charge in [0, 0.05) is 6.20 Å². The van der Waals surface area contributed by atoms with Crippen LogP contribution in [0.15, 0.2) is 30.5 Å². The average molecular weight is 283 g/mol. The molecule has 2 rings (SSSR count). The summed E-state index contributed by atoms with van der Waals surface area (Å²) in [5.41, 5.74) is 9.30. The van der Waals surface area contributed by atoms with Gasteiger partial charge < -0.3 is 10.5 Å². The molecule has 0 fully saturated rings. The maximum absolute atomic E-state index is 7.70. The first-order chi connectivity index (χ1) is 9.90. The molecule has 4 nitrogen and oxygen atoms in total. The van der Waals surface area contributed by atoms with Gasteiger partial charge in [-0.15, -0.1) is 0 Å². The number of rotatable bonds is 4. The average Bonchev–Trinajstić information content (AvgIpc) is 2.40. The van der Waals surface area contributed by atoms with Crippen molar-refractivity contribution in [2.45, 2.75) is 33.6 Å². The molecule has 0 saturated heterocycles. The molecule has 0 unspecified atom stereocenters. The first kappa shape index (κ1) is 15.0. The van der Waals surface area contributed by atoms with Crippen LogP contribution in [0.5, 0.6) is 11.6 Å². The molecule has 0 radical (unpaired) electrons. The molecule has 0 aliphatic rings. The van der Waals surface area contributed by atoms with Crippen molar-refractivity contribution in [3.63, 3.8) is 0 Å². The van der Waals surface area contributed by atoms with Crippen LogP contribution in [0.25, 0.3) is 0 Å². The predicted molar refractivity (Wildman–Crippen MR) is 85.3 cm³/mol.